The van der Waals surface area contributed by atoms with Crippen LogP contribution in [-0.4, -0.2) is 38.8 Å². The number of nitrogens with one attached hydrogen (secondary N) is 1. The number of ether oxygens (including phenoxy) is 4. The summed E-state index contributed by atoms with van der Waals surface area (Å²) in [5, 5.41) is 2.68. The summed E-state index contributed by atoms with van der Waals surface area (Å²) in [5.74, 6) is 0.795. The lowest BCUT2D eigenvalue weighted by molar-refractivity contribution is -0.146. The van der Waals surface area contributed by atoms with E-state index in [4.69, 9.17) is 18.9 Å². The fraction of sp³-hybridized carbons (Fsp3) is 0.364. The molecule has 0 saturated heterocycles. The van der Waals surface area contributed by atoms with Crippen LogP contribution in [-0.2, 0) is 20.7 Å². The first-order chi connectivity index (χ1) is 14.0. The molecule has 29 heavy (non-hydrogen) atoms. The highest BCUT2D eigenvalue weighted by molar-refractivity contribution is 5.93. The Kier molecular flexibility index (Phi) is 8.33. The Balaban J connectivity index is 1.92. The maximum atomic E-state index is 12.1. The molecule has 0 unspecified atom stereocenters. The van der Waals surface area contributed by atoms with Gasteiger partial charge in [0.2, 0.25) is 0 Å². The van der Waals surface area contributed by atoms with Gasteiger partial charge in [0, 0.05) is 17.3 Å². The molecule has 0 atom stereocenters. The Bertz CT molecular complexity index is 849. The zero-order valence-electron chi connectivity index (χ0n) is 17.2. The molecule has 2 aromatic carbocycles. The van der Waals surface area contributed by atoms with Crippen LogP contribution in [0, 0.1) is 6.92 Å². The highest BCUT2D eigenvalue weighted by atomic mass is 16.5. The minimum Gasteiger partial charge on any atom is -0.496 e. The summed E-state index contributed by atoms with van der Waals surface area (Å²) < 4.78 is 21.4. The van der Waals surface area contributed by atoms with Crippen molar-refractivity contribution >= 4 is 17.6 Å². The molecule has 1 N–H and O–H groups in total. The number of benzene rings is 2. The molecule has 0 bridgehead atoms. The van der Waals surface area contributed by atoms with Crippen LogP contribution < -0.4 is 19.5 Å². The molecule has 0 spiro atoms. The largest absolute Gasteiger partial charge is 0.496 e. The van der Waals surface area contributed by atoms with Crippen molar-refractivity contribution in [1.82, 2.24) is 0 Å². The molecule has 1 amide bonds. The van der Waals surface area contributed by atoms with Gasteiger partial charge in [0.1, 0.15) is 5.75 Å². The van der Waals surface area contributed by atoms with E-state index in [1.165, 1.54) is 0 Å². The Hall–Kier alpha value is -3.22. The lowest BCUT2D eigenvalue weighted by Gasteiger charge is -2.13. The molecule has 0 aromatic heterocycles. The first kappa shape index (κ1) is 22.1. The van der Waals surface area contributed by atoms with E-state index in [0.29, 0.717) is 41.7 Å². The summed E-state index contributed by atoms with van der Waals surface area (Å²) in [6.45, 7) is 6.26. The fourth-order valence-electron chi connectivity index (χ4n) is 2.72. The Labute approximate surface area is 170 Å². The van der Waals surface area contributed by atoms with E-state index in [9.17, 15) is 9.59 Å². The summed E-state index contributed by atoms with van der Waals surface area (Å²) in [4.78, 5) is 24.3. The molecule has 0 radical (unpaired) electrons. The highest BCUT2D eigenvalue weighted by Crippen LogP contribution is 2.30. The average molecular weight is 401 g/mol. The van der Waals surface area contributed by atoms with E-state index < -0.39 is 11.9 Å². The molecular weight excluding hydrogens is 374 g/mol. The normalized spacial score (nSPS) is 10.2. The van der Waals surface area contributed by atoms with Crippen molar-refractivity contribution in [2.45, 2.75) is 27.2 Å². The number of hydrogen-bond acceptors (Lipinski definition) is 6. The second-order valence-corrected chi connectivity index (χ2v) is 6.23. The van der Waals surface area contributed by atoms with Gasteiger partial charge in [-0.15, -0.1) is 0 Å². The van der Waals surface area contributed by atoms with E-state index in [-0.39, 0.29) is 13.0 Å². The zero-order chi connectivity index (χ0) is 21.2. The minimum absolute atomic E-state index is 0.0235. The quantitative estimate of drug-likeness (QED) is 0.614. The van der Waals surface area contributed by atoms with Gasteiger partial charge in [0.15, 0.2) is 18.1 Å². The smallest absolute Gasteiger partial charge is 0.310 e. The van der Waals surface area contributed by atoms with E-state index in [1.807, 2.05) is 32.9 Å². The van der Waals surface area contributed by atoms with Gasteiger partial charge in [-0.05, 0) is 39.0 Å². The number of hydrogen-bond donors (Lipinski definition) is 1. The minimum atomic E-state index is -0.509. The van der Waals surface area contributed by atoms with Crippen LogP contribution in [0.2, 0.25) is 0 Å². The second-order valence-electron chi connectivity index (χ2n) is 6.23. The molecule has 0 saturated carbocycles. The van der Waals surface area contributed by atoms with Crippen LogP contribution >= 0.6 is 0 Å². The van der Waals surface area contributed by atoms with Crippen molar-refractivity contribution in [3.63, 3.8) is 0 Å². The number of methoxy groups -OCH3 is 1. The first-order valence-electron chi connectivity index (χ1n) is 9.45. The molecule has 0 aliphatic carbocycles. The Morgan fingerprint density at radius 1 is 0.931 bits per heavy atom. The summed E-state index contributed by atoms with van der Waals surface area (Å²) in [7, 11) is 1.54. The van der Waals surface area contributed by atoms with Gasteiger partial charge < -0.3 is 24.3 Å². The van der Waals surface area contributed by atoms with Gasteiger partial charge >= 0.3 is 5.97 Å². The number of carbonyl (C=O) groups is 2. The standard InChI is InChI=1S/C22H27NO6/c1-5-27-19-10-8-17(13-20(19)28-6-2)23-21(24)14-29-22(25)12-16-11-15(3)7-9-18(16)26-4/h7-11,13H,5-6,12,14H2,1-4H3,(H,23,24). The Morgan fingerprint density at radius 2 is 1.62 bits per heavy atom. The summed E-state index contributed by atoms with van der Waals surface area (Å²) in [5.41, 5.74) is 2.25. The van der Waals surface area contributed by atoms with Crippen molar-refractivity contribution in [2.75, 3.05) is 32.2 Å². The number of amides is 1. The average Bonchev–Trinajstić information content (AvgIpc) is 2.69. The predicted octanol–water partition coefficient (Wildman–Crippen LogP) is 3.53. The van der Waals surface area contributed by atoms with Crippen molar-refractivity contribution < 1.29 is 28.5 Å². The third-order valence-electron chi connectivity index (χ3n) is 3.96. The molecular formula is C22H27NO6. The molecule has 0 aliphatic heterocycles. The number of esters is 1. The molecule has 0 fully saturated rings. The molecule has 2 aromatic rings. The lowest BCUT2D eigenvalue weighted by Crippen LogP contribution is -2.21. The van der Waals surface area contributed by atoms with Gasteiger partial charge in [-0.3, -0.25) is 9.59 Å². The number of aryl methyl sites for hydroxylation is 1. The lowest BCUT2D eigenvalue weighted by atomic mass is 10.1. The van der Waals surface area contributed by atoms with Gasteiger partial charge in [-0.2, -0.15) is 0 Å². The van der Waals surface area contributed by atoms with Crippen LogP contribution in [0.4, 0.5) is 5.69 Å². The second kappa shape index (κ2) is 10.9. The highest BCUT2D eigenvalue weighted by Gasteiger charge is 2.13. The summed E-state index contributed by atoms with van der Waals surface area (Å²) in [6, 6.07) is 10.6. The molecule has 2 rings (SSSR count). The molecule has 156 valence electrons. The van der Waals surface area contributed by atoms with E-state index in [1.54, 1.807) is 31.4 Å². The van der Waals surface area contributed by atoms with Gasteiger partial charge in [-0.1, -0.05) is 17.7 Å². The Morgan fingerprint density at radius 3 is 2.31 bits per heavy atom. The summed E-state index contributed by atoms with van der Waals surface area (Å²) >= 11 is 0. The van der Waals surface area contributed by atoms with Crippen LogP contribution in [0.1, 0.15) is 25.0 Å². The third-order valence-corrected chi connectivity index (χ3v) is 3.96. The van der Waals surface area contributed by atoms with E-state index in [2.05, 4.69) is 5.32 Å². The van der Waals surface area contributed by atoms with Crippen LogP contribution in [0.15, 0.2) is 36.4 Å². The molecule has 0 aliphatic rings. The fourth-order valence-corrected chi connectivity index (χ4v) is 2.72. The van der Waals surface area contributed by atoms with Crippen molar-refractivity contribution in [3.8, 4) is 17.2 Å². The zero-order valence-corrected chi connectivity index (χ0v) is 17.2. The van der Waals surface area contributed by atoms with E-state index in [0.717, 1.165) is 5.56 Å². The first-order valence-corrected chi connectivity index (χ1v) is 9.45. The third kappa shape index (κ3) is 6.71. The summed E-state index contributed by atoms with van der Waals surface area (Å²) in [6.07, 6.45) is 0.0235. The van der Waals surface area contributed by atoms with Gasteiger partial charge in [0.05, 0.1) is 26.7 Å². The SMILES string of the molecule is CCOc1ccc(NC(=O)COC(=O)Cc2cc(C)ccc2OC)cc1OCC. The van der Waals surface area contributed by atoms with Crippen molar-refractivity contribution in [2.24, 2.45) is 0 Å². The number of rotatable bonds is 10. The van der Waals surface area contributed by atoms with E-state index >= 15 is 0 Å². The monoisotopic (exact) mass is 401 g/mol. The van der Waals surface area contributed by atoms with Gasteiger partial charge in [0.25, 0.3) is 5.91 Å². The molecule has 0 heterocycles. The van der Waals surface area contributed by atoms with Crippen LogP contribution in [0.25, 0.3) is 0 Å². The molecule has 7 heteroatoms. The van der Waals surface area contributed by atoms with Crippen molar-refractivity contribution in [1.29, 1.82) is 0 Å². The number of anilines is 1. The number of carbonyl (C=O) groups excluding carboxylic acids is 2. The molecule has 7 nitrogen and oxygen atoms in total. The predicted molar refractivity (Wildman–Crippen MR) is 110 cm³/mol. The van der Waals surface area contributed by atoms with Crippen LogP contribution in [0.3, 0.4) is 0 Å². The topological polar surface area (TPSA) is 83.1 Å². The maximum absolute atomic E-state index is 12.1. The van der Waals surface area contributed by atoms with Gasteiger partial charge in [-0.25, -0.2) is 0 Å². The van der Waals surface area contributed by atoms with Crippen LogP contribution in [0.5, 0.6) is 17.2 Å². The van der Waals surface area contributed by atoms with Crippen molar-refractivity contribution in [3.05, 3.63) is 47.5 Å². The maximum Gasteiger partial charge on any atom is 0.310 e.